The highest BCUT2D eigenvalue weighted by molar-refractivity contribution is 5.90. The van der Waals surface area contributed by atoms with E-state index in [4.69, 9.17) is 16.0 Å². The van der Waals surface area contributed by atoms with Crippen LogP contribution < -0.4 is 10.3 Å². The molecule has 0 spiro atoms. The summed E-state index contributed by atoms with van der Waals surface area (Å²) >= 11 is 0. The van der Waals surface area contributed by atoms with Gasteiger partial charge in [-0.1, -0.05) is 31.2 Å². The van der Waals surface area contributed by atoms with Crippen LogP contribution in [-0.4, -0.2) is 64.6 Å². The molecular weight excluding hydrogens is 460 g/mol. The molecule has 10 nitrogen and oxygen atoms in total. The van der Waals surface area contributed by atoms with E-state index >= 15 is 0 Å². The van der Waals surface area contributed by atoms with Crippen molar-refractivity contribution in [1.82, 2.24) is 24.2 Å². The molecule has 1 aromatic carbocycles. The maximum absolute atomic E-state index is 13.1. The lowest BCUT2D eigenvalue weighted by Gasteiger charge is -2.26. The largest absolute Gasteiger partial charge is 0.489 e. The number of rotatable bonds is 10. The molecule has 10 heteroatoms. The Morgan fingerprint density at radius 2 is 2.00 bits per heavy atom. The number of likely N-dealkylation sites (N-methyl/N-ethyl adjacent to an activating group) is 1. The highest BCUT2D eigenvalue weighted by Gasteiger charge is 2.31. The van der Waals surface area contributed by atoms with Crippen molar-refractivity contribution in [2.75, 3.05) is 34.4 Å². The van der Waals surface area contributed by atoms with E-state index in [1.54, 1.807) is 26.2 Å². The van der Waals surface area contributed by atoms with Gasteiger partial charge in [0.15, 0.2) is 11.4 Å². The number of hydrogen-bond donors (Lipinski definition) is 0. The van der Waals surface area contributed by atoms with Gasteiger partial charge in [-0.3, -0.25) is 14.0 Å². The van der Waals surface area contributed by atoms with Gasteiger partial charge in [-0.25, -0.2) is 14.6 Å². The average molecular weight is 493 g/mol. The first-order valence-corrected chi connectivity index (χ1v) is 11.7. The van der Waals surface area contributed by atoms with E-state index in [0.717, 1.165) is 17.7 Å². The molecule has 0 N–H and O–H groups in total. The van der Waals surface area contributed by atoms with Gasteiger partial charge in [0, 0.05) is 31.6 Å². The van der Waals surface area contributed by atoms with Gasteiger partial charge in [-0.2, -0.15) is 5.10 Å². The molecule has 2 atom stereocenters. The topological polar surface area (TPSA) is 95.8 Å². The van der Waals surface area contributed by atoms with E-state index in [-0.39, 0.29) is 24.0 Å². The Bertz CT molecular complexity index is 1320. The summed E-state index contributed by atoms with van der Waals surface area (Å²) in [5, 5.41) is 4.53. The number of nitrogens with zero attached hydrogens (tertiary/aromatic N) is 6. The van der Waals surface area contributed by atoms with Crippen LogP contribution in [0.15, 0.2) is 41.5 Å². The lowest BCUT2D eigenvalue weighted by Crippen LogP contribution is -2.30. The third kappa shape index (κ3) is 5.47. The molecule has 0 fully saturated rings. The second-order valence-corrected chi connectivity index (χ2v) is 8.71. The zero-order valence-electron chi connectivity index (χ0n) is 21.6. The Hall–Kier alpha value is -3.97. The lowest BCUT2D eigenvalue weighted by molar-refractivity contribution is 0.0514. The van der Waals surface area contributed by atoms with Crippen LogP contribution in [-0.2, 0) is 18.3 Å². The van der Waals surface area contributed by atoms with E-state index in [1.165, 1.54) is 11.7 Å². The maximum Gasteiger partial charge on any atom is 0.361 e. The average Bonchev–Trinajstić information content (AvgIpc) is 3.33. The summed E-state index contributed by atoms with van der Waals surface area (Å²) in [7, 11) is 6.91. The van der Waals surface area contributed by atoms with Crippen LogP contribution in [0.1, 0.15) is 53.1 Å². The Morgan fingerprint density at radius 3 is 2.64 bits per heavy atom. The standard InChI is InChI=1S/C26H32N6O4/c1-8-36-26(34)22-23(35-7)25(33)31(6)24(29-22)17(2)21(19-11-9-10-12-20(19)27-3)18-15-28-32(16-18)14-13-30(4)5/h9-12,15-17,21H,8,13-14H2,1-2,4-7H3. The number of benzene rings is 1. The van der Waals surface area contributed by atoms with Gasteiger partial charge in [0.2, 0.25) is 5.75 Å². The van der Waals surface area contributed by atoms with Crippen LogP contribution >= 0.6 is 0 Å². The summed E-state index contributed by atoms with van der Waals surface area (Å²) in [6, 6.07) is 7.37. The second-order valence-electron chi connectivity index (χ2n) is 8.71. The number of methoxy groups -OCH3 is 1. The molecule has 3 rings (SSSR count). The van der Waals surface area contributed by atoms with E-state index in [2.05, 4.69) is 19.8 Å². The zero-order valence-corrected chi connectivity index (χ0v) is 21.6. The van der Waals surface area contributed by atoms with E-state index in [1.807, 2.05) is 50.1 Å². The molecule has 2 unspecified atom stereocenters. The number of ether oxygens (including phenoxy) is 2. The van der Waals surface area contributed by atoms with Crippen LogP contribution in [0.25, 0.3) is 4.85 Å². The number of para-hydroxylation sites is 1. The van der Waals surface area contributed by atoms with E-state index < -0.39 is 17.4 Å². The summed E-state index contributed by atoms with van der Waals surface area (Å²) < 4.78 is 13.6. The van der Waals surface area contributed by atoms with Gasteiger partial charge in [0.25, 0.3) is 5.56 Å². The van der Waals surface area contributed by atoms with Crippen LogP contribution in [0.4, 0.5) is 5.69 Å². The fraction of sp³-hybridized carbons (Fsp3) is 0.423. The molecule has 0 saturated carbocycles. The van der Waals surface area contributed by atoms with Crippen molar-refractivity contribution in [3.8, 4) is 5.75 Å². The predicted octanol–water partition coefficient (Wildman–Crippen LogP) is 3.21. The summed E-state index contributed by atoms with van der Waals surface area (Å²) in [6.45, 7) is 13.0. The van der Waals surface area contributed by atoms with Gasteiger partial charge in [0.05, 0.1) is 33.0 Å². The third-order valence-electron chi connectivity index (χ3n) is 6.05. The fourth-order valence-electron chi connectivity index (χ4n) is 4.23. The molecule has 0 bridgehead atoms. The number of hydrogen-bond acceptors (Lipinski definition) is 7. The normalized spacial score (nSPS) is 12.7. The van der Waals surface area contributed by atoms with E-state index in [0.29, 0.717) is 18.1 Å². The molecule has 2 heterocycles. The number of carbonyl (C=O) groups is 1. The predicted molar refractivity (Wildman–Crippen MR) is 136 cm³/mol. The highest BCUT2D eigenvalue weighted by atomic mass is 16.5. The van der Waals surface area contributed by atoms with Gasteiger partial charge < -0.3 is 14.4 Å². The molecule has 3 aromatic rings. The molecule has 36 heavy (non-hydrogen) atoms. The number of esters is 1. The number of aromatic nitrogens is 4. The Balaban J connectivity index is 2.19. The molecule has 0 radical (unpaired) electrons. The molecule has 0 saturated heterocycles. The molecule has 0 aliphatic rings. The Labute approximate surface area is 210 Å². The SMILES string of the molecule is [C-]#[N+]c1ccccc1C(c1cnn(CCN(C)C)c1)C(C)c1nc(C(=O)OCC)c(OC)c(=O)n1C. The maximum atomic E-state index is 13.1. The van der Waals surface area contributed by atoms with Crippen LogP contribution in [0.5, 0.6) is 5.75 Å². The van der Waals surface area contributed by atoms with Crippen molar-refractivity contribution in [2.45, 2.75) is 32.2 Å². The lowest BCUT2D eigenvalue weighted by atomic mass is 9.81. The van der Waals surface area contributed by atoms with Gasteiger partial charge in [-0.15, -0.1) is 0 Å². The number of carbonyl (C=O) groups excluding carboxylic acids is 1. The van der Waals surface area contributed by atoms with Crippen molar-refractivity contribution in [3.05, 3.63) is 81.1 Å². The van der Waals surface area contributed by atoms with Crippen molar-refractivity contribution in [3.63, 3.8) is 0 Å². The molecular formula is C26H32N6O4. The third-order valence-corrected chi connectivity index (χ3v) is 6.05. The summed E-state index contributed by atoms with van der Waals surface area (Å²) in [6.07, 6.45) is 3.74. The minimum Gasteiger partial charge on any atom is -0.489 e. The van der Waals surface area contributed by atoms with Gasteiger partial charge in [0.1, 0.15) is 5.82 Å². The van der Waals surface area contributed by atoms with Gasteiger partial charge >= 0.3 is 5.97 Å². The first-order valence-electron chi connectivity index (χ1n) is 11.7. The monoisotopic (exact) mass is 492 g/mol. The van der Waals surface area contributed by atoms with E-state index in [9.17, 15) is 9.59 Å². The van der Waals surface area contributed by atoms with Crippen LogP contribution in [0.2, 0.25) is 0 Å². The van der Waals surface area contributed by atoms with Crippen molar-refractivity contribution in [2.24, 2.45) is 7.05 Å². The highest BCUT2D eigenvalue weighted by Crippen LogP contribution is 2.41. The van der Waals surface area contributed by atoms with Crippen LogP contribution in [0.3, 0.4) is 0 Å². The smallest absolute Gasteiger partial charge is 0.361 e. The minimum absolute atomic E-state index is 0.136. The Morgan fingerprint density at radius 1 is 1.28 bits per heavy atom. The molecule has 190 valence electrons. The summed E-state index contributed by atoms with van der Waals surface area (Å²) in [5.41, 5.74) is 1.51. The van der Waals surface area contributed by atoms with Crippen molar-refractivity contribution in [1.29, 1.82) is 0 Å². The van der Waals surface area contributed by atoms with Crippen LogP contribution in [0, 0.1) is 6.57 Å². The Kier molecular flexibility index (Phi) is 8.61. The first kappa shape index (κ1) is 26.6. The first-order chi connectivity index (χ1) is 17.2. The van der Waals surface area contributed by atoms with Crippen molar-refractivity contribution >= 4 is 11.7 Å². The quantitative estimate of drug-likeness (QED) is 0.317. The van der Waals surface area contributed by atoms with Gasteiger partial charge in [-0.05, 0) is 32.1 Å². The molecule has 0 aliphatic carbocycles. The summed E-state index contributed by atoms with van der Waals surface area (Å²) in [5.74, 6) is -1.28. The molecule has 2 aromatic heterocycles. The molecule has 0 aliphatic heterocycles. The zero-order chi connectivity index (χ0) is 26.4. The summed E-state index contributed by atoms with van der Waals surface area (Å²) in [4.78, 5) is 36.2. The molecule has 0 amide bonds. The minimum atomic E-state index is -0.727. The fourth-order valence-corrected chi connectivity index (χ4v) is 4.23. The second kappa shape index (κ2) is 11.6. The van der Waals surface area contributed by atoms with Crippen molar-refractivity contribution < 1.29 is 14.3 Å².